The second-order valence-electron chi connectivity index (χ2n) is 6.01. The molecule has 0 saturated carbocycles. The second kappa shape index (κ2) is 5.84. The third-order valence-electron chi connectivity index (χ3n) is 3.74. The van der Waals surface area contributed by atoms with Crippen LogP contribution in [0.25, 0.3) is 11.1 Å². The predicted octanol–water partition coefficient (Wildman–Crippen LogP) is 5.46. The molecule has 21 heavy (non-hydrogen) atoms. The molecule has 2 aromatic rings. The molecule has 0 amide bonds. The summed E-state index contributed by atoms with van der Waals surface area (Å²) in [6.07, 6.45) is 0. The van der Waals surface area contributed by atoms with E-state index in [0.29, 0.717) is 5.92 Å². The lowest BCUT2D eigenvalue weighted by atomic mass is 9.88. The first kappa shape index (κ1) is 15.5. The van der Waals surface area contributed by atoms with Gasteiger partial charge in [0.25, 0.3) is 0 Å². The van der Waals surface area contributed by atoms with Crippen molar-refractivity contribution in [3.63, 3.8) is 0 Å². The van der Waals surface area contributed by atoms with Crippen molar-refractivity contribution in [3.05, 3.63) is 53.1 Å². The van der Waals surface area contributed by atoms with Crippen LogP contribution in [0.4, 0.5) is 14.5 Å². The summed E-state index contributed by atoms with van der Waals surface area (Å²) in [5, 5.41) is 0. The third kappa shape index (κ3) is 3.07. The van der Waals surface area contributed by atoms with E-state index in [1.54, 1.807) is 0 Å². The fourth-order valence-electron chi connectivity index (χ4n) is 2.43. The molecule has 2 rings (SSSR count). The van der Waals surface area contributed by atoms with Gasteiger partial charge >= 0.3 is 0 Å². The van der Waals surface area contributed by atoms with Gasteiger partial charge in [-0.1, -0.05) is 45.9 Å². The average Bonchev–Trinajstić information content (AvgIpc) is 2.42. The van der Waals surface area contributed by atoms with Gasteiger partial charge in [-0.15, -0.1) is 0 Å². The van der Waals surface area contributed by atoms with Crippen LogP contribution < -0.4 is 5.73 Å². The zero-order chi connectivity index (χ0) is 15.7. The van der Waals surface area contributed by atoms with Crippen LogP contribution in [0, 0.1) is 11.6 Å². The van der Waals surface area contributed by atoms with Crippen LogP contribution >= 0.6 is 0 Å². The number of halogens is 2. The van der Waals surface area contributed by atoms with Crippen molar-refractivity contribution in [1.82, 2.24) is 0 Å². The Bertz CT molecular complexity index is 661. The smallest absolute Gasteiger partial charge is 0.146 e. The highest BCUT2D eigenvalue weighted by molar-refractivity contribution is 5.71. The second-order valence-corrected chi connectivity index (χ2v) is 6.01. The highest BCUT2D eigenvalue weighted by Crippen LogP contribution is 2.34. The molecule has 3 heteroatoms. The molecular formula is C18H21F2N. The summed E-state index contributed by atoms with van der Waals surface area (Å²) in [6, 6.07) is 8.16. The summed E-state index contributed by atoms with van der Waals surface area (Å²) >= 11 is 0. The fourth-order valence-corrected chi connectivity index (χ4v) is 2.43. The molecule has 0 aromatic heterocycles. The topological polar surface area (TPSA) is 26.0 Å². The number of hydrogen-bond acceptors (Lipinski definition) is 1. The minimum atomic E-state index is -0.589. The average molecular weight is 289 g/mol. The first-order chi connectivity index (χ1) is 9.81. The number of anilines is 1. The van der Waals surface area contributed by atoms with Gasteiger partial charge in [-0.05, 0) is 34.6 Å². The summed E-state index contributed by atoms with van der Waals surface area (Å²) in [6.45, 7) is 8.33. The Hall–Kier alpha value is -1.90. The van der Waals surface area contributed by atoms with E-state index in [2.05, 4.69) is 33.8 Å². The van der Waals surface area contributed by atoms with Crippen LogP contribution in [0.5, 0.6) is 0 Å². The molecule has 0 fully saturated rings. The molecule has 0 atom stereocenters. The monoisotopic (exact) mass is 289 g/mol. The minimum absolute atomic E-state index is 0.166. The predicted molar refractivity (Wildman–Crippen MR) is 84.4 cm³/mol. The lowest BCUT2D eigenvalue weighted by molar-refractivity contribution is 0.607. The molecule has 0 saturated heterocycles. The molecule has 0 aliphatic heterocycles. The first-order valence-corrected chi connectivity index (χ1v) is 7.20. The summed E-state index contributed by atoms with van der Waals surface area (Å²) in [4.78, 5) is 0. The van der Waals surface area contributed by atoms with Gasteiger partial charge < -0.3 is 5.73 Å². The summed E-state index contributed by atoms with van der Waals surface area (Å²) in [7, 11) is 0. The number of nitrogens with two attached hydrogens (primary N) is 1. The standard InChI is InChI=1S/C18H21F2N/c1-10(2)12-5-6-13(14(7-12)11(3)4)15-8-17(20)18(21)9-16(15)19/h5-11H,21H2,1-4H3. The van der Waals surface area contributed by atoms with Crippen molar-refractivity contribution in [2.45, 2.75) is 39.5 Å². The Morgan fingerprint density at radius 2 is 1.48 bits per heavy atom. The van der Waals surface area contributed by atoms with Crippen LogP contribution in [0.2, 0.25) is 0 Å². The van der Waals surface area contributed by atoms with Crippen molar-refractivity contribution in [1.29, 1.82) is 0 Å². The zero-order valence-corrected chi connectivity index (χ0v) is 12.9. The van der Waals surface area contributed by atoms with E-state index >= 15 is 0 Å². The molecule has 0 spiro atoms. The van der Waals surface area contributed by atoms with Crippen LogP contribution in [-0.4, -0.2) is 0 Å². The maximum atomic E-state index is 14.2. The largest absolute Gasteiger partial charge is 0.396 e. The van der Waals surface area contributed by atoms with Gasteiger partial charge in [0.05, 0.1) is 5.69 Å². The van der Waals surface area contributed by atoms with Crippen LogP contribution in [-0.2, 0) is 0 Å². The Morgan fingerprint density at radius 3 is 2.05 bits per heavy atom. The normalized spacial score (nSPS) is 11.4. The molecule has 0 aliphatic rings. The van der Waals surface area contributed by atoms with Crippen LogP contribution in [0.1, 0.15) is 50.7 Å². The molecule has 2 aromatic carbocycles. The summed E-state index contributed by atoms with van der Waals surface area (Å²) < 4.78 is 27.9. The van der Waals surface area contributed by atoms with Gasteiger partial charge in [0.15, 0.2) is 0 Å². The van der Waals surface area contributed by atoms with Crippen molar-refractivity contribution in [2.24, 2.45) is 0 Å². The van der Waals surface area contributed by atoms with Crippen molar-refractivity contribution >= 4 is 5.69 Å². The van der Waals surface area contributed by atoms with Gasteiger partial charge in [0.2, 0.25) is 0 Å². The molecule has 112 valence electrons. The van der Waals surface area contributed by atoms with Crippen molar-refractivity contribution in [2.75, 3.05) is 5.73 Å². The lowest BCUT2D eigenvalue weighted by Gasteiger charge is -2.17. The van der Waals surface area contributed by atoms with Crippen molar-refractivity contribution < 1.29 is 8.78 Å². The van der Waals surface area contributed by atoms with Gasteiger partial charge in [-0.2, -0.15) is 0 Å². The van der Waals surface area contributed by atoms with E-state index in [0.717, 1.165) is 17.2 Å². The fraction of sp³-hybridized carbons (Fsp3) is 0.333. The molecule has 1 nitrogen and oxygen atoms in total. The van der Waals surface area contributed by atoms with E-state index < -0.39 is 11.6 Å². The van der Waals surface area contributed by atoms with Gasteiger partial charge in [-0.3, -0.25) is 0 Å². The first-order valence-electron chi connectivity index (χ1n) is 7.20. The summed E-state index contributed by atoms with van der Waals surface area (Å²) in [5.41, 5.74) is 8.45. The van der Waals surface area contributed by atoms with E-state index in [4.69, 9.17) is 5.73 Å². The Balaban J connectivity index is 2.66. The van der Waals surface area contributed by atoms with Crippen LogP contribution in [0.3, 0.4) is 0 Å². The molecule has 0 radical (unpaired) electrons. The number of nitrogen functional groups attached to an aromatic ring is 1. The highest BCUT2D eigenvalue weighted by atomic mass is 19.1. The maximum absolute atomic E-state index is 14.2. The molecule has 0 heterocycles. The van der Waals surface area contributed by atoms with E-state index in [-0.39, 0.29) is 17.2 Å². The van der Waals surface area contributed by atoms with Crippen molar-refractivity contribution in [3.8, 4) is 11.1 Å². The third-order valence-corrected chi connectivity index (χ3v) is 3.74. The van der Waals surface area contributed by atoms with E-state index in [1.807, 2.05) is 12.1 Å². The number of rotatable bonds is 3. The Kier molecular flexibility index (Phi) is 4.31. The Labute approximate surface area is 124 Å². The van der Waals surface area contributed by atoms with E-state index in [1.165, 1.54) is 11.6 Å². The molecule has 0 aliphatic carbocycles. The van der Waals surface area contributed by atoms with Gasteiger partial charge in [0.1, 0.15) is 11.6 Å². The van der Waals surface area contributed by atoms with Gasteiger partial charge in [0, 0.05) is 11.6 Å². The lowest BCUT2D eigenvalue weighted by Crippen LogP contribution is -2.00. The highest BCUT2D eigenvalue weighted by Gasteiger charge is 2.16. The molecule has 2 N–H and O–H groups in total. The number of benzene rings is 2. The van der Waals surface area contributed by atoms with E-state index in [9.17, 15) is 8.78 Å². The van der Waals surface area contributed by atoms with Gasteiger partial charge in [-0.25, -0.2) is 8.78 Å². The molecule has 0 bridgehead atoms. The zero-order valence-electron chi connectivity index (χ0n) is 12.9. The molecule has 0 unspecified atom stereocenters. The minimum Gasteiger partial charge on any atom is -0.396 e. The Morgan fingerprint density at radius 1 is 0.810 bits per heavy atom. The summed E-state index contributed by atoms with van der Waals surface area (Å²) in [5.74, 6) is -0.467. The van der Waals surface area contributed by atoms with Crippen LogP contribution in [0.15, 0.2) is 30.3 Å². The number of hydrogen-bond donors (Lipinski definition) is 1. The maximum Gasteiger partial charge on any atom is 0.146 e. The SMILES string of the molecule is CC(C)c1ccc(-c2cc(F)c(N)cc2F)c(C(C)C)c1. The quantitative estimate of drug-likeness (QED) is 0.746. The molecular weight excluding hydrogens is 268 g/mol.